The van der Waals surface area contributed by atoms with Crippen LogP contribution in [0.3, 0.4) is 0 Å². The third kappa shape index (κ3) is 4.25. The number of phenolic OH excluding ortho intramolecular Hbond substituents is 1. The van der Waals surface area contributed by atoms with Gasteiger partial charge in [-0.25, -0.2) is 4.98 Å². The van der Waals surface area contributed by atoms with Crippen molar-refractivity contribution in [2.24, 2.45) is 5.73 Å². The first-order valence-electron chi connectivity index (χ1n) is 10.6. The van der Waals surface area contributed by atoms with Gasteiger partial charge < -0.3 is 25.8 Å². The van der Waals surface area contributed by atoms with Crippen molar-refractivity contribution < 1.29 is 9.84 Å². The van der Waals surface area contributed by atoms with Gasteiger partial charge in [0, 0.05) is 36.8 Å². The summed E-state index contributed by atoms with van der Waals surface area (Å²) in [6.45, 7) is 1.76. The third-order valence-corrected chi connectivity index (χ3v) is 6.11. The summed E-state index contributed by atoms with van der Waals surface area (Å²) in [7, 11) is 1.49. The summed E-state index contributed by atoms with van der Waals surface area (Å²) >= 11 is 6.19. The highest BCUT2D eigenvalue weighted by molar-refractivity contribution is 6.32. The lowest BCUT2D eigenvalue weighted by atomic mass is 10.0. The Morgan fingerprint density at radius 1 is 1.18 bits per heavy atom. The van der Waals surface area contributed by atoms with E-state index in [4.69, 9.17) is 22.1 Å². The Morgan fingerprint density at radius 3 is 2.79 bits per heavy atom. The normalized spacial score (nSPS) is 15.7. The number of hydrogen-bond acceptors (Lipinski definition) is 7. The first kappa shape index (κ1) is 21.3. The summed E-state index contributed by atoms with van der Waals surface area (Å²) in [6, 6.07) is 16.8. The van der Waals surface area contributed by atoms with Crippen molar-refractivity contribution in [2.75, 3.05) is 30.4 Å². The summed E-state index contributed by atoms with van der Waals surface area (Å²) in [5.74, 6) is 1.17. The average Bonchev–Trinajstić information content (AvgIpc) is 3.27. The molecule has 1 atom stereocenters. The second kappa shape index (κ2) is 8.77. The van der Waals surface area contributed by atoms with E-state index < -0.39 is 0 Å². The number of pyridine rings is 2. The van der Waals surface area contributed by atoms with Crippen molar-refractivity contribution in [1.29, 1.82) is 0 Å². The van der Waals surface area contributed by atoms with Gasteiger partial charge >= 0.3 is 0 Å². The van der Waals surface area contributed by atoms with Crippen LogP contribution < -0.4 is 20.7 Å². The van der Waals surface area contributed by atoms with Crippen LogP contribution in [-0.4, -0.2) is 41.3 Å². The number of aromatic hydroxyl groups is 1. The largest absolute Gasteiger partial charge is 0.503 e. The number of aromatic nitrogens is 2. The Kier molecular flexibility index (Phi) is 5.66. The van der Waals surface area contributed by atoms with Gasteiger partial charge in [-0.2, -0.15) is 0 Å². The Bertz CT molecular complexity index is 1310. The quantitative estimate of drug-likeness (QED) is 0.395. The number of hydrogen-bond donors (Lipinski definition) is 3. The summed E-state index contributed by atoms with van der Waals surface area (Å²) in [6.07, 6.45) is 4.45. The maximum atomic E-state index is 10.1. The van der Waals surface area contributed by atoms with E-state index in [1.54, 1.807) is 18.3 Å². The molecule has 1 radical (unpaired) electrons. The molecule has 2 aromatic carbocycles. The summed E-state index contributed by atoms with van der Waals surface area (Å²) < 4.78 is 5.25. The molecule has 0 amide bonds. The molecule has 7 nitrogen and oxygen atoms in total. The molecule has 1 fully saturated rings. The Morgan fingerprint density at radius 2 is 2.06 bits per heavy atom. The summed E-state index contributed by atoms with van der Waals surface area (Å²) in [4.78, 5) is 11.2. The predicted molar refractivity (Wildman–Crippen MR) is 132 cm³/mol. The van der Waals surface area contributed by atoms with E-state index >= 15 is 0 Å². The SMILES string of the molecule is COc1cc(-c2ccc3nc[c]c(Nc4ccc(N5CCC(N)C5)nc4)c3c2)cc(Cl)c1O. The van der Waals surface area contributed by atoms with Crippen LogP contribution in [0.15, 0.2) is 54.9 Å². The average molecular weight is 461 g/mol. The Labute approximate surface area is 196 Å². The molecule has 0 aliphatic carbocycles. The highest BCUT2D eigenvalue weighted by Gasteiger charge is 2.20. The van der Waals surface area contributed by atoms with Gasteiger partial charge in [0.1, 0.15) is 5.82 Å². The zero-order chi connectivity index (χ0) is 22.9. The lowest BCUT2D eigenvalue weighted by Gasteiger charge is -2.17. The molecule has 1 saturated heterocycles. The van der Waals surface area contributed by atoms with Gasteiger partial charge in [-0.3, -0.25) is 4.98 Å². The zero-order valence-electron chi connectivity index (χ0n) is 18.0. The molecule has 0 saturated carbocycles. The molecular formula is C25H23ClN5O2. The van der Waals surface area contributed by atoms with Gasteiger partial charge in [-0.15, -0.1) is 0 Å². The molecule has 5 rings (SSSR count). The van der Waals surface area contributed by atoms with Crippen LogP contribution in [0, 0.1) is 6.07 Å². The number of halogens is 1. The standard InChI is InChI=1S/C25H23ClN5O2/c1-33-23-12-16(11-20(26)25(23)32)15-2-4-21-19(10-15)22(6-8-28-21)30-18-3-5-24(29-13-18)31-9-7-17(27)14-31/h2-5,8,10-13,17,32H,7,9,14,27H2,1H3,(H,28,30). The number of rotatable bonds is 5. The van der Waals surface area contributed by atoms with Crippen LogP contribution >= 0.6 is 11.6 Å². The molecule has 1 aliphatic heterocycles. The lowest BCUT2D eigenvalue weighted by Crippen LogP contribution is -2.26. The Hall–Kier alpha value is -3.55. The summed E-state index contributed by atoms with van der Waals surface area (Å²) in [5.41, 5.74) is 10.2. The first-order valence-corrected chi connectivity index (χ1v) is 11.0. The van der Waals surface area contributed by atoms with E-state index in [1.807, 2.05) is 36.5 Å². The minimum atomic E-state index is -0.0760. The van der Waals surface area contributed by atoms with Crippen molar-refractivity contribution in [3.05, 3.63) is 65.9 Å². The van der Waals surface area contributed by atoms with Gasteiger partial charge in [0.15, 0.2) is 11.5 Å². The van der Waals surface area contributed by atoms with E-state index in [0.717, 1.165) is 58.7 Å². The molecule has 33 heavy (non-hydrogen) atoms. The maximum absolute atomic E-state index is 10.1. The van der Waals surface area contributed by atoms with Crippen LogP contribution in [-0.2, 0) is 0 Å². The van der Waals surface area contributed by atoms with Gasteiger partial charge in [0.05, 0.1) is 35.2 Å². The molecule has 8 heteroatoms. The number of anilines is 3. The number of benzene rings is 2. The smallest absolute Gasteiger partial charge is 0.176 e. The molecule has 4 N–H and O–H groups in total. The minimum absolute atomic E-state index is 0.0760. The fourth-order valence-corrected chi connectivity index (χ4v) is 4.27. The molecule has 3 heterocycles. The van der Waals surface area contributed by atoms with Crippen molar-refractivity contribution in [3.8, 4) is 22.6 Å². The van der Waals surface area contributed by atoms with Gasteiger partial charge in [0.25, 0.3) is 0 Å². The lowest BCUT2D eigenvalue weighted by molar-refractivity contribution is 0.374. The molecule has 2 aromatic heterocycles. The van der Waals surface area contributed by atoms with Crippen LogP contribution in [0.25, 0.3) is 22.0 Å². The predicted octanol–water partition coefficient (Wildman–Crippen LogP) is 4.75. The van der Waals surface area contributed by atoms with Crippen molar-refractivity contribution in [1.82, 2.24) is 9.97 Å². The summed E-state index contributed by atoms with van der Waals surface area (Å²) in [5, 5.41) is 14.6. The molecule has 4 aromatic rings. The topological polar surface area (TPSA) is 96.5 Å². The molecule has 1 aliphatic rings. The number of fused-ring (bicyclic) bond motifs is 1. The highest BCUT2D eigenvalue weighted by Crippen LogP contribution is 2.39. The minimum Gasteiger partial charge on any atom is -0.503 e. The fraction of sp³-hybridized carbons (Fsp3) is 0.200. The number of methoxy groups -OCH3 is 1. The third-order valence-electron chi connectivity index (χ3n) is 5.83. The van der Waals surface area contributed by atoms with E-state index in [0.29, 0.717) is 5.75 Å². The van der Waals surface area contributed by atoms with Crippen molar-refractivity contribution >= 4 is 39.7 Å². The number of nitrogens with zero attached hydrogens (tertiary/aromatic N) is 3. The van der Waals surface area contributed by atoms with Gasteiger partial charge in [-0.1, -0.05) is 17.7 Å². The zero-order valence-corrected chi connectivity index (χ0v) is 18.8. The molecular weight excluding hydrogens is 438 g/mol. The number of ether oxygens (including phenoxy) is 1. The Balaban J connectivity index is 1.46. The monoisotopic (exact) mass is 460 g/mol. The van der Waals surface area contributed by atoms with E-state index in [9.17, 15) is 5.11 Å². The van der Waals surface area contributed by atoms with E-state index in [1.165, 1.54) is 7.11 Å². The molecule has 167 valence electrons. The van der Waals surface area contributed by atoms with Crippen LogP contribution in [0.2, 0.25) is 5.02 Å². The van der Waals surface area contributed by atoms with Crippen LogP contribution in [0.1, 0.15) is 6.42 Å². The second-order valence-electron chi connectivity index (χ2n) is 8.04. The van der Waals surface area contributed by atoms with Crippen LogP contribution in [0.4, 0.5) is 17.2 Å². The first-order chi connectivity index (χ1) is 16.0. The van der Waals surface area contributed by atoms with E-state index in [2.05, 4.69) is 26.3 Å². The number of nitrogens with one attached hydrogen (secondary N) is 1. The van der Waals surface area contributed by atoms with Gasteiger partial charge in [-0.05, 0) is 53.9 Å². The molecule has 1 unspecified atom stereocenters. The van der Waals surface area contributed by atoms with Crippen LogP contribution in [0.5, 0.6) is 11.5 Å². The molecule has 0 bridgehead atoms. The van der Waals surface area contributed by atoms with Gasteiger partial charge in [0.2, 0.25) is 0 Å². The van der Waals surface area contributed by atoms with Crippen molar-refractivity contribution in [2.45, 2.75) is 12.5 Å². The highest BCUT2D eigenvalue weighted by atomic mass is 35.5. The fourth-order valence-electron chi connectivity index (χ4n) is 4.06. The second-order valence-corrected chi connectivity index (χ2v) is 8.45. The maximum Gasteiger partial charge on any atom is 0.176 e. The number of phenols is 1. The van der Waals surface area contributed by atoms with Crippen molar-refractivity contribution in [3.63, 3.8) is 0 Å². The van der Waals surface area contributed by atoms with E-state index in [-0.39, 0.29) is 16.8 Å². The number of nitrogens with two attached hydrogens (primary N) is 1. The molecule has 0 spiro atoms.